The van der Waals surface area contributed by atoms with E-state index in [-0.39, 0.29) is 5.82 Å². The van der Waals surface area contributed by atoms with Gasteiger partial charge in [-0.15, -0.1) is 10.2 Å². The second-order valence-corrected chi connectivity index (χ2v) is 6.76. The Kier molecular flexibility index (Phi) is 3.79. The Morgan fingerprint density at radius 1 is 1.00 bits per heavy atom. The fourth-order valence-corrected chi connectivity index (χ4v) is 3.78. The lowest BCUT2D eigenvalue weighted by atomic mass is 10.0. The van der Waals surface area contributed by atoms with Crippen LogP contribution in [-0.4, -0.2) is 16.7 Å². The Morgan fingerprint density at radius 2 is 1.78 bits per heavy atom. The van der Waals surface area contributed by atoms with Crippen LogP contribution in [0.15, 0.2) is 48.5 Å². The van der Waals surface area contributed by atoms with Gasteiger partial charge in [0.15, 0.2) is 0 Å². The van der Waals surface area contributed by atoms with Gasteiger partial charge < -0.3 is 4.90 Å². The maximum atomic E-state index is 13.0. The minimum Gasteiger partial charge on any atom is -0.342 e. The third kappa shape index (κ3) is 3.10. The summed E-state index contributed by atoms with van der Waals surface area (Å²) in [6.45, 7) is 1.86. The highest BCUT2D eigenvalue weighted by molar-refractivity contribution is 7.15. The first-order valence-electron chi connectivity index (χ1n) is 7.66. The number of rotatable bonds is 3. The lowest BCUT2D eigenvalue weighted by molar-refractivity contribution is 0.627. The average molecular weight is 325 g/mol. The molecule has 3 nitrogen and oxygen atoms in total. The highest BCUT2D eigenvalue weighted by Gasteiger charge is 2.19. The molecule has 4 rings (SSSR count). The Morgan fingerprint density at radius 3 is 2.61 bits per heavy atom. The fourth-order valence-electron chi connectivity index (χ4n) is 2.88. The topological polar surface area (TPSA) is 29.0 Å². The van der Waals surface area contributed by atoms with E-state index in [2.05, 4.69) is 39.4 Å². The van der Waals surface area contributed by atoms with Gasteiger partial charge in [-0.25, -0.2) is 4.39 Å². The van der Waals surface area contributed by atoms with Crippen molar-refractivity contribution < 1.29 is 4.39 Å². The van der Waals surface area contributed by atoms with Crippen molar-refractivity contribution in [1.82, 2.24) is 10.2 Å². The minimum atomic E-state index is -0.210. The predicted molar refractivity (Wildman–Crippen MR) is 90.3 cm³/mol. The van der Waals surface area contributed by atoms with Gasteiger partial charge in [0.1, 0.15) is 10.8 Å². The van der Waals surface area contributed by atoms with Crippen molar-refractivity contribution >= 4 is 16.5 Å². The van der Waals surface area contributed by atoms with E-state index in [1.54, 1.807) is 23.5 Å². The van der Waals surface area contributed by atoms with Crippen molar-refractivity contribution in [1.29, 1.82) is 0 Å². The number of anilines is 1. The van der Waals surface area contributed by atoms with E-state index in [9.17, 15) is 4.39 Å². The molecule has 0 N–H and O–H groups in total. The smallest absolute Gasteiger partial charge is 0.208 e. The van der Waals surface area contributed by atoms with E-state index in [0.29, 0.717) is 6.42 Å². The van der Waals surface area contributed by atoms with Gasteiger partial charge in [-0.2, -0.15) is 0 Å². The highest BCUT2D eigenvalue weighted by atomic mass is 32.1. The summed E-state index contributed by atoms with van der Waals surface area (Å²) in [6, 6.07) is 15.1. The fraction of sp³-hybridized carbons (Fsp3) is 0.222. The number of fused-ring (bicyclic) bond motifs is 1. The van der Waals surface area contributed by atoms with Crippen molar-refractivity contribution in [3.05, 3.63) is 76.0 Å². The van der Waals surface area contributed by atoms with Crippen LogP contribution in [0.1, 0.15) is 21.7 Å². The Bertz CT molecular complexity index is 813. The molecule has 0 atom stereocenters. The second-order valence-electron chi connectivity index (χ2n) is 5.72. The average Bonchev–Trinajstić information content (AvgIpc) is 3.05. The molecule has 2 heterocycles. The molecule has 23 heavy (non-hydrogen) atoms. The molecule has 0 amide bonds. The summed E-state index contributed by atoms with van der Waals surface area (Å²) in [7, 11) is 0. The van der Waals surface area contributed by atoms with Crippen LogP contribution in [-0.2, 0) is 19.4 Å². The number of nitrogens with zero attached hydrogens (tertiary/aromatic N) is 3. The first-order chi connectivity index (χ1) is 11.3. The van der Waals surface area contributed by atoms with Crippen molar-refractivity contribution in [3.63, 3.8) is 0 Å². The number of benzene rings is 2. The number of hydrogen-bond donors (Lipinski definition) is 0. The van der Waals surface area contributed by atoms with Gasteiger partial charge in [0, 0.05) is 19.5 Å². The zero-order valence-electron chi connectivity index (χ0n) is 12.6. The van der Waals surface area contributed by atoms with E-state index in [1.807, 2.05) is 0 Å². The van der Waals surface area contributed by atoms with Crippen molar-refractivity contribution in [3.8, 4) is 0 Å². The molecule has 0 aliphatic carbocycles. The molecular weight excluding hydrogens is 309 g/mol. The molecular formula is C18H16FN3S. The first kappa shape index (κ1) is 14.3. The third-order valence-corrected chi connectivity index (χ3v) is 5.11. The molecule has 1 aliphatic heterocycles. The number of hydrogen-bond acceptors (Lipinski definition) is 4. The van der Waals surface area contributed by atoms with E-state index in [0.717, 1.165) is 35.2 Å². The summed E-state index contributed by atoms with van der Waals surface area (Å²) >= 11 is 1.62. The molecule has 2 aromatic carbocycles. The van der Waals surface area contributed by atoms with Gasteiger partial charge in [0.25, 0.3) is 0 Å². The summed E-state index contributed by atoms with van der Waals surface area (Å²) < 4.78 is 13.0. The lowest BCUT2D eigenvalue weighted by Gasteiger charge is -2.27. The summed E-state index contributed by atoms with van der Waals surface area (Å²) in [5, 5.41) is 10.6. The minimum absolute atomic E-state index is 0.210. The predicted octanol–water partition coefficient (Wildman–Crippen LogP) is 3.83. The van der Waals surface area contributed by atoms with Gasteiger partial charge in [0.2, 0.25) is 5.13 Å². The Hall–Kier alpha value is -2.27. The molecule has 1 aromatic heterocycles. The van der Waals surface area contributed by atoms with E-state index in [4.69, 9.17) is 0 Å². The van der Waals surface area contributed by atoms with Crippen LogP contribution in [0, 0.1) is 5.82 Å². The number of halogens is 1. The summed E-state index contributed by atoms with van der Waals surface area (Å²) in [4.78, 5) is 2.29. The van der Waals surface area contributed by atoms with Crippen LogP contribution in [0.3, 0.4) is 0 Å². The molecule has 0 bridgehead atoms. The molecule has 0 spiro atoms. The molecule has 1 aliphatic rings. The molecule has 0 saturated carbocycles. The van der Waals surface area contributed by atoms with Gasteiger partial charge in [-0.05, 0) is 35.2 Å². The van der Waals surface area contributed by atoms with Crippen molar-refractivity contribution in [2.24, 2.45) is 0 Å². The van der Waals surface area contributed by atoms with Gasteiger partial charge in [-0.3, -0.25) is 0 Å². The normalized spacial score (nSPS) is 13.9. The SMILES string of the molecule is Fc1ccc(Cc2nnc(N3CCc4ccccc4C3)s2)cc1. The molecule has 5 heteroatoms. The first-order valence-corrected chi connectivity index (χ1v) is 8.48. The van der Waals surface area contributed by atoms with Crippen molar-refractivity contribution in [2.75, 3.05) is 11.4 Å². The standard InChI is InChI=1S/C18H16FN3S/c19-16-7-5-13(6-8-16)11-17-20-21-18(23-17)22-10-9-14-3-1-2-4-15(14)12-22/h1-8H,9-12H2. The van der Waals surface area contributed by atoms with Crippen molar-refractivity contribution in [2.45, 2.75) is 19.4 Å². The summed E-state index contributed by atoms with van der Waals surface area (Å²) in [5.41, 5.74) is 3.85. The van der Waals surface area contributed by atoms with Gasteiger partial charge in [0.05, 0.1) is 0 Å². The number of aromatic nitrogens is 2. The molecule has 0 unspecified atom stereocenters. The zero-order chi connectivity index (χ0) is 15.6. The molecule has 0 radical (unpaired) electrons. The molecule has 0 saturated heterocycles. The molecule has 3 aromatic rings. The monoisotopic (exact) mass is 325 g/mol. The Balaban J connectivity index is 1.49. The highest BCUT2D eigenvalue weighted by Crippen LogP contribution is 2.27. The van der Waals surface area contributed by atoms with Crippen LogP contribution in [0.2, 0.25) is 0 Å². The second kappa shape index (κ2) is 6.08. The maximum absolute atomic E-state index is 13.0. The van der Waals surface area contributed by atoms with Crippen LogP contribution in [0.25, 0.3) is 0 Å². The molecule has 116 valence electrons. The van der Waals surface area contributed by atoms with Crippen LogP contribution in [0.4, 0.5) is 9.52 Å². The van der Waals surface area contributed by atoms with E-state index >= 15 is 0 Å². The Labute approximate surface area is 138 Å². The summed E-state index contributed by atoms with van der Waals surface area (Å²) in [6.07, 6.45) is 1.74. The third-order valence-electron chi connectivity index (χ3n) is 4.13. The zero-order valence-corrected chi connectivity index (χ0v) is 13.4. The van der Waals surface area contributed by atoms with Crippen LogP contribution < -0.4 is 4.90 Å². The van der Waals surface area contributed by atoms with Crippen LogP contribution >= 0.6 is 11.3 Å². The molecule has 0 fully saturated rings. The van der Waals surface area contributed by atoms with E-state index < -0.39 is 0 Å². The maximum Gasteiger partial charge on any atom is 0.208 e. The summed E-state index contributed by atoms with van der Waals surface area (Å²) in [5.74, 6) is -0.210. The quantitative estimate of drug-likeness (QED) is 0.733. The van der Waals surface area contributed by atoms with Gasteiger partial charge >= 0.3 is 0 Å². The largest absolute Gasteiger partial charge is 0.342 e. The van der Waals surface area contributed by atoms with Gasteiger partial charge in [-0.1, -0.05) is 47.7 Å². The van der Waals surface area contributed by atoms with E-state index in [1.165, 1.54) is 23.3 Å². The lowest BCUT2D eigenvalue weighted by Crippen LogP contribution is -2.30. The van der Waals surface area contributed by atoms with Crippen LogP contribution in [0.5, 0.6) is 0 Å².